The molecule has 0 saturated heterocycles. The quantitative estimate of drug-likeness (QED) is 0.114. The van der Waals surface area contributed by atoms with E-state index in [9.17, 15) is 24.4 Å². The summed E-state index contributed by atoms with van der Waals surface area (Å²) in [6.45, 7) is 0. The van der Waals surface area contributed by atoms with Crippen LogP contribution in [0.5, 0.6) is 34.5 Å². The lowest BCUT2D eigenvalue weighted by Gasteiger charge is -2.29. The van der Waals surface area contributed by atoms with Crippen LogP contribution in [0, 0.1) is 0 Å². The molecule has 0 amide bonds. The van der Waals surface area contributed by atoms with Gasteiger partial charge < -0.3 is 28.9 Å². The second-order valence-corrected chi connectivity index (χ2v) is 25.3. The van der Waals surface area contributed by atoms with Crippen molar-refractivity contribution in [2.24, 2.45) is 0 Å². The van der Waals surface area contributed by atoms with Gasteiger partial charge in [0.1, 0.15) is 34.5 Å². The highest BCUT2D eigenvalue weighted by Gasteiger charge is 2.40. The van der Waals surface area contributed by atoms with Gasteiger partial charge in [0.25, 0.3) is 22.1 Å². The fraction of sp³-hybridized carbons (Fsp3) is 0.0847. The molecule has 3 aliphatic heterocycles. The lowest BCUT2D eigenvalue weighted by Crippen LogP contribution is -2.19. The van der Waals surface area contributed by atoms with Gasteiger partial charge in [-0.15, -0.1) is 0 Å². The summed E-state index contributed by atoms with van der Waals surface area (Å²) in [5.74, 6) is 1.28. The fourth-order valence-corrected chi connectivity index (χ4v) is 17.5. The number of phenols is 3. The Bertz CT molecular complexity index is 3600. The molecule has 350 valence electrons. The maximum atomic E-state index is 15.3. The Hall–Kier alpha value is -7.53. The average molecular weight is 991 g/mol. The van der Waals surface area contributed by atoms with E-state index in [4.69, 9.17) is 13.6 Å². The summed E-state index contributed by atoms with van der Waals surface area (Å²) < 4.78 is 64.3. The molecule has 9 aromatic rings. The van der Waals surface area contributed by atoms with E-state index in [0.29, 0.717) is 72.1 Å². The molecule has 3 N–H and O–H groups in total. The van der Waals surface area contributed by atoms with E-state index in [1.54, 1.807) is 60.7 Å². The van der Waals surface area contributed by atoms with Gasteiger partial charge in [0, 0.05) is 40.7 Å². The number of fused-ring (bicyclic) bond motifs is 9. The molecule has 9 nitrogen and oxygen atoms in total. The molecule has 0 aliphatic carbocycles. The average Bonchev–Trinajstić information content (AvgIpc) is 3.38. The topological polar surface area (TPSA) is 140 Å². The Labute approximate surface area is 411 Å². The van der Waals surface area contributed by atoms with E-state index < -0.39 is 22.1 Å². The second kappa shape index (κ2) is 17.4. The third kappa shape index (κ3) is 7.86. The van der Waals surface area contributed by atoms with E-state index in [1.165, 1.54) is 0 Å². The summed E-state index contributed by atoms with van der Waals surface area (Å²) >= 11 is 0. The van der Waals surface area contributed by atoms with E-state index in [1.807, 2.05) is 133 Å². The molecule has 0 fully saturated rings. The number of aromatic hydroxyl groups is 3. The molecule has 3 aliphatic rings. The van der Waals surface area contributed by atoms with Crippen LogP contribution in [-0.4, -0.2) is 15.3 Å². The van der Waals surface area contributed by atoms with Gasteiger partial charge in [0.05, 0.1) is 34.4 Å². The zero-order chi connectivity index (χ0) is 48.5. The zero-order valence-electron chi connectivity index (χ0n) is 38.1. The number of phenolic OH excluding ortho intramolecular Hbond substituents is 3. The minimum atomic E-state index is -3.64. The maximum Gasteiger partial charge on any atom is 0.282 e. The Morgan fingerprint density at radius 2 is 0.606 bits per heavy atom. The van der Waals surface area contributed by atoms with Crippen molar-refractivity contribution in [2.75, 3.05) is 0 Å². The summed E-state index contributed by atoms with van der Waals surface area (Å²) in [5, 5.41) is 38.2. The van der Waals surface area contributed by atoms with Gasteiger partial charge >= 0.3 is 0 Å². The molecule has 0 aromatic heterocycles. The first-order valence-corrected chi connectivity index (χ1v) is 28.8. The normalized spacial score (nSPS) is 19.0. The number of para-hydroxylation sites is 5. The molecule has 0 spiro atoms. The van der Waals surface area contributed by atoms with Crippen molar-refractivity contribution in [2.45, 2.75) is 31.3 Å². The largest absolute Gasteiger partial charge is 0.507 e. The molecule has 0 saturated carbocycles. The summed E-state index contributed by atoms with van der Waals surface area (Å²) in [7, 11) is -10.8. The highest BCUT2D eigenvalue weighted by atomic mass is 31.2. The van der Waals surface area contributed by atoms with Crippen LogP contribution >= 0.6 is 22.1 Å². The van der Waals surface area contributed by atoms with Gasteiger partial charge in [0.2, 0.25) is 0 Å². The molecule has 71 heavy (non-hydrogen) atoms. The van der Waals surface area contributed by atoms with Gasteiger partial charge in [-0.2, -0.15) is 0 Å². The molecule has 12 rings (SSSR count). The van der Waals surface area contributed by atoms with Crippen molar-refractivity contribution in [3.63, 3.8) is 0 Å². The number of hydrogen-bond acceptors (Lipinski definition) is 9. The van der Waals surface area contributed by atoms with Crippen molar-refractivity contribution in [1.82, 2.24) is 0 Å². The lowest BCUT2D eigenvalue weighted by molar-refractivity contribution is 0.452. The molecule has 3 unspecified atom stereocenters. The lowest BCUT2D eigenvalue weighted by atomic mass is 9.94. The molecule has 0 bridgehead atoms. The van der Waals surface area contributed by atoms with Gasteiger partial charge in [-0.1, -0.05) is 158 Å². The van der Waals surface area contributed by atoms with Crippen LogP contribution in [0.2, 0.25) is 0 Å². The smallest absolute Gasteiger partial charge is 0.282 e. The monoisotopic (exact) mass is 990 g/mol. The first kappa shape index (κ1) is 44.7. The Kier molecular flexibility index (Phi) is 10.9. The van der Waals surface area contributed by atoms with E-state index in [0.717, 1.165) is 33.4 Å². The minimum absolute atomic E-state index is 0.0283. The van der Waals surface area contributed by atoms with Crippen LogP contribution in [0.3, 0.4) is 0 Å². The maximum absolute atomic E-state index is 15.3. The summed E-state index contributed by atoms with van der Waals surface area (Å²) in [4.78, 5) is 0. The minimum Gasteiger partial charge on any atom is -0.507 e. The van der Waals surface area contributed by atoms with Crippen LogP contribution in [-0.2, 0) is 45.0 Å². The van der Waals surface area contributed by atoms with Crippen LogP contribution in [0.15, 0.2) is 194 Å². The highest BCUT2D eigenvalue weighted by Crippen LogP contribution is 2.60. The summed E-state index contributed by atoms with van der Waals surface area (Å²) in [5.41, 5.74) is 8.19. The summed E-state index contributed by atoms with van der Waals surface area (Å²) in [6.07, 6.45) is -0.117. The molecule has 12 heteroatoms. The van der Waals surface area contributed by atoms with Crippen molar-refractivity contribution < 1.29 is 42.6 Å². The standard InChI is InChI=1S/C59H45O9P3/c60-57-39(15-13-17-41(57)36-70(64)55-29-11-5-23-49(55)46-20-2-8-26-52(46)67-70)33-43-31-38(35-69(63)54-28-10-4-22-48(54)45-19-1-7-25-51(45)66-69)32-44(59(43)62)34-40-16-14-18-42(58(40)61)37-71(65)56-30-12-6-24-50(56)47-21-3-9-27-53(47)68-71/h1-32,60-62H,33-37H2. The van der Waals surface area contributed by atoms with E-state index in [2.05, 4.69) is 0 Å². The predicted octanol–water partition coefficient (Wildman–Crippen LogP) is 13.5. The molecule has 9 aromatic carbocycles. The fourth-order valence-electron chi connectivity index (χ4n) is 10.4. The van der Waals surface area contributed by atoms with Crippen molar-refractivity contribution in [1.29, 1.82) is 0 Å². The second-order valence-electron chi connectivity index (χ2n) is 18.3. The van der Waals surface area contributed by atoms with E-state index in [-0.39, 0.29) is 48.6 Å². The Morgan fingerprint density at radius 3 is 0.986 bits per heavy atom. The SMILES string of the molecule is O=P1(Cc2cc(Cc3cccc(CP4(=O)Oc5ccccc5-c5ccccc54)c3O)c(O)c(Cc3cccc(CP4(=O)Oc5ccccc5-c5ccccc54)c3O)c2)Oc2ccccc2-c2ccccc21. The molecule has 3 atom stereocenters. The molecular formula is C59H45O9P3. The first-order chi connectivity index (χ1) is 34.5. The van der Waals surface area contributed by atoms with Crippen LogP contribution in [0.25, 0.3) is 33.4 Å². The van der Waals surface area contributed by atoms with Crippen molar-refractivity contribution in [3.8, 4) is 67.9 Å². The molecule has 0 radical (unpaired) electrons. The van der Waals surface area contributed by atoms with Crippen LogP contribution in [0.1, 0.15) is 38.9 Å². The Balaban J connectivity index is 0.914. The molecule has 3 heterocycles. The van der Waals surface area contributed by atoms with Gasteiger partial charge in [-0.25, -0.2) is 0 Å². The molecular weight excluding hydrogens is 946 g/mol. The van der Waals surface area contributed by atoms with Crippen molar-refractivity contribution >= 4 is 38.0 Å². The van der Waals surface area contributed by atoms with E-state index >= 15 is 4.57 Å². The van der Waals surface area contributed by atoms with Gasteiger partial charge in [-0.05, 0) is 80.9 Å². The third-order valence-electron chi connectivity index (χ3n) is 13.7. The third-order valence-corrected chi connectivity index (χ3v) is 20.9. The summed E-state index contributed by atoms with van der Waals surface area (Å²) in [6, 6.07) is 59.1. The van der Waals surface area contributed by atoms with Gasteiger partial charge in [0.15, 0.2) is 0 Å². The number of hydrogen-bond donors (Lipinski definition) is 3. The number of benzene rings is 9. The van der Waals surface area contributed by atoms with Crippen molar-refractivity contribution in [3.05, 3.63) is 233 Å². The van der Waals surface area contributed by atoms with Crippen LogP contribution in [0.4, 0.5) is 0 Å². The zero-order valence-corrected chi connectivity index (χ0v) is 40.8. The predicted molar refractivity (Wildman–Crippen MR) is 280 cm³/mol. The van der Waals surface area contributed by atoms with Gasteiger partial charge in [-0.3, -0.25) is 13.7 Å². The Morgan fingerprint density at radius 1 is 0.310 bits per heavy atom. The van der Waals surface area contributed by atoms with Crippen LogP contribution < -0.4 is 29.5 Å². The first-order valence-electron chi connectivity index (χ1n) is 23.3. The highest BCUT2D eigenvalue weighted by molar-refractivity contribution is 7.67. The number of rotatable bonds is 10.